The monoisotopic (exact) mass is 317 g/mol. The van der Waals surface area contributed by atoms with E-state index in [1.807, 2.05) is 0 Å². The Bertz CT molecular complexity index is 677. The number of para-hydroxylation sites is 1. The third kappa shape index (κ3) is 4.71. The molecule has 0 aliphatic rings. The maximum absolute atomic E-state index is 13.1. The van der Waals surface area contributed by atoms with E-state index in [1.165, 1.54) is 29.2 Å². The summed E-state index contributed by atoms with van der Waals surface area (Å²) in [5.41, 5.74) is 0.403. The summed E-state index contributed by atoms with van der Waals surface area (Å²) in [6.45, 7) is 5.43. The lowest BCUT2D eigenvalue weighted by Gasteiger charge is -2.27. The normalized spacial score (nSPS) is 11.1. The maximum atomic E-state index is 13.1. The summed E-state index contributed by atoms with van der Waals surface area (Å²) in [5.74, 6) is -0.302. The van der Waals surface area contributed by atoms with Gasteiger partial charge in [-0.05, 0) is 51.1 Å². The van der Waals surface area contributed by atoms with Crippen LogP contribution in [-0.2, 0) is 11.3 Å². The molecule has 0 spiro atoms. The fraction of sp³-hybridized carbons (Fsp3) is 0.278. The van der Waals surface area contributed by atoms with E-state index >= 15 is 0 Å². The largest absolute Gasteiger partial charge is 0.508 e. The molecule has 0 radical (unpaired) electrons. The number of nitrogens with zero attached hydrogens (tertiary/aromatic N) is 1. The van der Waals surface area contributed by atoms with E-state index in [4.69, 9.17) is 4.74 Å². The molecule has 0 aliphatic heterocycles. The molecule has 0 aromatic heterocycles. The molecule has 2 rings (SSSR count). The quantitative estimate of drug-likeness (QED) is 0.908. The lowest BCUT2D eigenvalue weighted by Crippen LogP contribution is -2.36. The SMILES string of the molecule is CC(C)(C)OC(=O)N(Cc1ccccc1O)c1ccc(F)cc1. The van der Waals surface area contributed by atoms with Gasteiger partial charge in [-0.1, -0.05) is 18.2 Å². The Morgan fingerprint density at radius 3 is 2.30 bits per heavy atom. The smallest absolute Gasteiger partial charge is 0.415 e. The van der Waals surface area contributed by atoms with Gasteiger partial charge in [0.15, 0.2) is 0 Å². The molecule has 2 aromatic carbocycles. The van der Waals surface area contributed by atoms with Crippen LogP contribution in [0.4, 0.5) is 14.9 Å². The lowest BCUT2D eigenvalue weighted by molar-refractivity contribution is 0.0577. The summed E-state index contributed by atoms with van der Waals surface area (Å²) in [4.78, 5) is 13.8. The van der Waals surface area contributed by atoms with Crippen LogP contribution in [0.15, 0.2) is 48.5 Å². The van der Waals surface area contributed by atoms with E-state index in [2.05, 4.69) is 0 Å². The first-order valence-corrected chi connectivity index (χ1v) is 7.29. The van der Waals surface area contributed by atoms with Crippen LogP contribution < -0.4 is 4.90 Å². The van der Waals surface area contributed by atoms with Crippen molar-refractivity contribution in [3.8, 4) is 5.75 Å². The van der Waals surface area contributed by atoms with Crippen LogP contribution in [0, 0.1) is 5.82 Å². The highest BCUT2D eigenvalue weighted by molar-refractivity contribution is 5.87. The van der Waals surface area contributed by atoms with Gasteiger partial charge in [0.1, 0.15) is 17.2 Å². The fourth-order valence-electron chi connectivity index (χ4n) is 2.01. The van der Waals surface area contributed by atoms with E-state index in [9.17, 15) is 14.3 Å². The van der Waals surface area contributed by atoms with Crippen LogP contribution in [0.2, 0.25) is 0 Å². The van der Waals surface area contributed by atoms with Crippen LogP contribution in [0.3, 0.4) is 0 Å². The summed E-state index contributed by atoms with van der Waals surface area (Å²) < 4.78 is 18.5. The van der Waals surface area contributed by atoms with E-state index < -0.39 is 11.7 Å². The Hall–Kier alpha value is -2.56. The maximum Gasteiger partial charge on any atom is 0.415 e. The molecule has 0 saturated carbocycles. The Balaban J connectivity index is 2.33. The number of hydrogen-bond donors (Lipinski definition) is 1. The van der Waals surface area contributed by atoms with Gasteiger partial charge < -0.3 is 9.84 Å². The predicted octanol–water partition coefficient (Wildman–Crippen LogP) is 4.47. The second-order valence-electron chi connectivity index (χ2n) is 6.17. The highest BCUT2D eigenvalue weighted by Gasteiger charge is 2.24. The molecule has 0 bridgehead atoms. The summed E-state index contributed by atoms with van der Waals surface area (Å²) >= 11 is 0. The minimum absolute atomic E-state index is 0.0863. The highest BCUT2D eigenvalue weighted by atomic mass is 19.1. The number of carbonyl (C=O) groups is 1. The first kappa shape index (κ1) is 16.8. The summed E-state index contributed by atoms with van der Waals surface area (Å²) in [5, 5.41) is 9.93. The molecule has 2 aromatic rings. The molecular weight excluding hydrogens is 297 g/mol. The van der Waals surface area contributed by atoms with Crippen molar-refractivity contribution in [2.45, 2.75) is 32.9 Å². The second-order valence-corrected chi connectivity index (χ2v) is 6.17. The van der Waals surface area contributed by atoms with Crippen molar-refractivity contribution in [1.82, 2.24) is 0 Å². The topological polar surface area (TPSA) is 49.8 Å². The van der Waals surface area contributed by atoms with Gasteiger partial charge in [-0.3, -0.25) is 4.90 Å². The van der Waals surface area contributed by atoms with E-state index in [-0.39, 0.29) is 18.1 Å². The summed E-state index contributed by atoms with van der Waals surface area (Å²) in [6.07, 6.45) is -0.563. The molecule has 5 heteroatoms. The lowest BCUT2D eigenvalue weighted by atomic mass is 10.1. The van der Waals surface area contributed by atoms with Crippen molar-refractivity contribution in [2.75, 3.05) is 4.90 Å². The minimum Gasteiger partial charge on any atom is -0.508 e. The molecule has 0 saturated heterocycles. The standard InChI is InChI=1S/C18H20FNO3/c1-18(2,3)23-17(22)20(15-10-8-14(19)9-11-15)12-13-6-4-5-7-16(13)21/h4-11,21H,12H2,1-3H3. The van der Waals surface area contributed by atoms with Crippen molar-refractivity contribution < 1.29 is 19.0 Å². The molecule has 0 atom stereocenters. The zero-order valence-corrected chi connectivity index (χ0v) is 13.4. The molecular formula is C18H20FNO3. The number of benzene rings is 2. The zero-order chi connectivity index (χ0) is 17.0. The first-order chi connectivity index (χ1) is 10.8. The van der Waals surface area contributed by atoms with E-state index in [0.717, 1.165) is 0 Å². The molecule has 23 heavy (non-hydrogen) atoms. The number of carbonyl (C=O) groups excluding carboxylic acids is 1. The van der Waals surface area contributed by atoms with Crippen molar-refractivity contribution in [3.63, 3.8) is 0 Å². The first-order valence-electron chi connectivity index (χ1n) is 7.29. The fourth-order valence-corrected chi connectivity index (χ4v) is 2.01. The molecule has 4 nitrogen and oxygen atoms in total. The van der Waals surface area contributed by atoms with Gasteiger partial charge in [0.05, 0.1) is 6.54 Å². The third-order valence-electron chi connectivity index (χ3n) is 3.07. The van der Waals surface area contributed by atoms with E-state index in [0.29, 0.717) is 11.3 Å². The van der Waals surface area contributed by atoms with Gasteiger partial charge in [0, 0.05) is 11.3 Å². The Morgan fingerprint density at radius 1 is 1.13 bits per heavy atom. The summed E-state index contributed by atoms with van der Waals surface area (Å²) in [6, 6.07) is 12.3. The molecule has 0 fully saturated rings. The van der Waals surface area contributed by atoms with Gasteiger partial charge in [-0.15, -0.1) is 0 Å². The number of ether oxygens (including phenoxy) is 1. The second kappa shape index (κ2) is 6.69. The van der Waals surface area contributed by atoms with Crippen molar-refractivity contribution >= 4 is 11.8 Å². The number of hydrogen-bond acceptors (Lipinski definition) is 3. The van der Waals surface area contributed by atoms with Gasteiger partial charge in [0.25, 0.3) is 0 Å². The van der Waals surface area contributed by atoms with Gasteiger partial charge in [-0.2, -0.15) is 0 Å². The Kier molecular flexibility index (Phi) is 4.89. The number of phenolic OH excluding ortho intramolecular Hbond substituents is 1. The minimum atomic E-state index is -0.659. The van der Waals surface area contributed by atoms with E-state index in [1.54, 1.807) is 45.0 Å². The number of anilines is 1. The van der Waals surface area contributed by atoms with Gasteiger partial charge >= 0.3 is 6.09 Å². The number of aromatic hydroxyl groups is 1. The zero-order valence-electron chi connectivity index (χ0n) is 13.4. The Labute approximate surface area is 135 Å². The summed E-state index contributed by atoms with van der Waals surface area (Å²) in [7, 11) is 0. The van der Waals surface area contributed by atoms with Crippen LogP contribution in [0.1, 0.15) is 26.3 Å². The number of rotatable bonds is 3. The average Bonchev–Trinajstić information content (AvgIpc) is 2.46. The average molecular weight is 317 g/mol. The molecule has 122 valence electrons. The number of phenols is 1. The molecule has 1 N–H and O–H groups in total. The highest BCUT2D eigenvalue weighted by Crippen LogP contribution is 2.24. The van der Waals surface area contributed by atoms with Gasteiger partial charge in [-0.25, -0.2) is 9.18 Å². The predicted molar refractivity (Wildman–Crippen MR) is 86.9 cm³/mol. The van der Waals surface area contributed by atoms with Crippen LogP contribution >= 0.6 is 0 Å². The van der Waals surface area contributed by atoms with Crippen molar-refractivity contribution in [2.24, 2.45) is 0 Å². The third-order valence-corrected chi connectivity index (χ3v) is 3.07. The molecule has 0 heterocycles. The van der Waals surface area contributed by atoms with Crippen LogP contribution in [0.25, 0.3) is 0 Å². The molecule has 1 amide bonds. The van der Waals surface area contributed by atoms with Crippen LogP contribution in [-0.4, -0.2) is 16.8 Å². The van der Waals surface area contributed by atoms with Crippen molar-refractivity contribution in [1.29, 1.82) is 0 Å². The number of amides is 1. The molecule has 0 unspecified atom stereocenters. The van der Waals surface area contributed by atoms with Gasteiger partial charge in [0.2, 0.25) is 0 Å². The number of halogens is 1. The Morgan fingerprint density at radius 2 is 1.74 bits per heavy atom. The van der Waals surface area contributed by atoms with Crippen LogP contribution in [0.5, 0.6) is 5.75 Å². The van der Waals surface area contributed by atoms with Crippen molar-refractivity contribution in [3.05, 3.63) is 59.9 Å². The molecule has 0 aliphatic carbocycles.